The maximum atomic E-state index is 10.1. The van der Waals surface area contributed by atoms with Gasteiger partial charge < -0.3 is 15.3 Å². The van der Waals surface area contributed by atoms with E-state index in [4.69, 9.17) is 0 Å². The molecule has 2 aliphatic rings. The molecule has 4 heteroatoms. The van der Waals surface area contributed by atoms with Gasteiger partial charge in [-0.05, 0) is 66.5 Å². The van der Waals surface area contributed by atoms with Crippen molar-refractivity contribution in [3.05, 3.63) is 107 Å². The van der Waals surface area contributed by atoms with Crippen molar-refractivity contribution in [2.45, 2.75) is 18.9 Å². The van der Waals surface area contributed by atoms with Crippen LogP contribution in [0.2, 0.25) is 0 Å². The van der Waals surface area contributed by atoms with E-state index in [1.165, 1.54) is 5.56 Å². The summed E-state index contributed by atoms with van der Waals surface area (Å²) in [4.78, 5) is 2.19. The van der Waals surface area contributed by atoms with Crippen LogP contribution in [-0.2, 0) is 6.42 Å². The van der Waals surface area contributed by atoms with E-state index in [2.05, 4.69) is 51.6 Å². The fraction of sp³-hybridized carbons (Fsp3) is 0.130. The molecule has 0 radical (unpaired) electrons. The highest BCUT2D eigenvalue weighted by molar-refractivity contribution is 9.10. The molecule has 0 amide bonds. The molecule has 0 saturated heterocycles. The molecule has 4 rings (SSSR count). The summed E-state index contributed by atoms with van der Waals surface area (Å²) in [5.74, 6) is 0.388. The van der Waals surface area contributed by atoms with Gasteiger partial charge in [-0.15, -0.1) is 0 Å². The van der Waals surface area contributed by atoms with Gasteiger partial charge in [-0.3, -0.25) is 0 Å². The molecule has 0 saturated carbocycles. The van der Waals surface area contributed by atoms with Gasteiger partial charge in [-0.2, -0.15) is 0 Å². The Hall–Kier alpha value is -2.72. The van der Waals surface area contributed by atoms with Crippen LogP contribution in [0.5, 0.6) is 5.75 Å². The maximum absolute atomic E-state index is 10.1. The molecule has 0 bridgehead atoms. The van der Waals surface area contributed by atoms with Gasteiger partial charge >= 0.3 is 0 Å². The first-order chi connectivity index (χ1) is 13.0. The molecular weight excluding hydrogens is 400 g/mol. The van der Waals surface area contributed by atoms with Crippen LogP contribution >= 0.6 is 15.9 Å². The number of aromatic hydroxyl groups is 1. The monoisotopic (exact) mass is 420 g/mol. The molecule has 1 aliphatic heterocycles. The van der Waals surface area contributed by atoms with E-state index in [1.807, 2.05) is 42.5 Å². The summed E-state index contributed by atoms with van der Waals surface area (Å²) in [7, 11) is 0. The van der Waals surface area contributed by atoms with Gasteiger partial charge in [0.2, 0.25) is 0 Å². The van der Waals surface area contributed by atoms with Crippen molar-refractivity contribution in [2.75, 3.05) is 5.32 Å². The molecule has 136 valence electrons. The number of allylic oxidation sites excluding steroid dienone is 2. The molecule has 1 aliphatic carbocycles. The molecule has 0 spiro atoms. The third-order valence-corrected chi connectivity index (χ3v) is 5.68. The van der Waals surface area contributed by atoms with Gasteiger partial charge in [0.25, 0.3) is 0 Å². The van der Waals surface area contributed by atoms with Crippen LogP contribution in [0, 0.1) is 0 Å². The topological polar surface area (TPSA) is 35.5 Å². The van der Waals surface area contributed by atoms with Crippen molar-refractivity contribution >= 4 is 21.6 Å². The van der Waals surface area contributed by atoms with E-state index >= 15 is 0 Å². The highest BCUT2D eigenvalue weighted by Gasteiger charge is 2.31. The third-order valence-electron chi connectivity index (χ3n) is 5.15. The molecule has 2 aromatic carbocycles. The minimum Gasteiger partial charge on any atom is -0.508 e. The van der Waals surface area contributed by atoms with Crippen LogP contribution in [0.15, 0.2) is 95.4 Å². The maximum Gasteiger partial charge on any atom is 0.119 e. The first-order valence-electron chi connectivity index (χ1n) is 8.93. The number of phenolic OH excluding ortho intramolecular Hbond substituents is 1. The standard InChI is InChI=1S/C23H21BrN2O/c1-15(25-18-10-8-17(24)9-11-18)19-6-4-14-26(16(19)2)22-13-12-21-20(22)5-3-7-23(21)27/h3-11,14,22,25,27H,1-2,12-13H2. The molecular formula is C23H21BrN2O. The van der Waals surface area contributed by atoms with Gasteiger partial charge in [-0.25, -0.2) is 0 Å². The molecule has 1 heterocycles. The van der Waals surface area contributed by atoms with Crippen LogP contribution in [-0.4, -0.2) is 10.0 Å². The van der Waals surface area contributed by atoms with E-state index in [0.717, 1.165) is 45.5 Å². The third kappa shape index (κ3) is 3.33. The molecule has 1 unspecified atom stereocenters. The van der Waals surface area contributed by atoms with Gasteiger partial charge in [0, 0.05) is 33.3 Å². The largest absolute Gasteiger partial charge is 0.508 e. The summed E-state index contributed by atoms with van der Waals surface area (Å²) in [5.41, 5.74) is 5.91. The highest BCUT2D eigenvalue weighted by Crippen LogP contribution is 2.43. The smallest absolute Gasteiger partial charge is 0.119 e. The number of hydrogen-bond donors (Lipinski definition) is 2. The Morgan fingerprint density at radius 2 is 1.96 bits per heavy atom. The number of halogens is 1. The van der Waals surface area contributed by atoms with Crippen LogP contribution in [0.3, 0.4) is 0 Å². The second-order valence-electron chi connectivity index (χ2n) is 6.79. The zero-order chi connectivity index (χ0) is 19.0. The number of hydrogen-bond acceptors (Lipinski definition) is 3. The zero-order valence-corrected chi connectivity index (χ0v) is 16.5. The Balaban J connectivity index is 1.55. The zero-order valence-electron chi connectivity index (χ0n) is 15.0. The first-order valence-corrected chi connectivity index (χ1v) is 9.72. The number of nitrogens with zero attached hydrogens (tertiary/aromatic N) is 1. The minimum atomic E-state index is 0.181. The Labute approximate surface area is 168 Å². The lowest BCUT2D eigenvalue weighted by Crippen LogP contribution is -2.25. The molecule has 3 nitrogen and oxygen atoms in total. The van der Waals surface area contributed by atoms with Crippen molar-refractivity contribution < 1.29 is 5.11 Å². The number of benzene rings is 2. The number of nitrogens with one attached hydrogen (secondary N) is 1. The summed E-state index contributed by atoms with van der Waals surface area (Å²) < 4.78 is 1.04. The fourth-order valence-electron chi connectivity index (χ4n) is 3.80. The van der Waals surface area contributed by atoms with E-state index < -0.39 is 0 Å². The summed E-state index contributed by atoms with van der Waals surface area (Å²) in [6, 6.07) is 13.9. The fourth-order valence-corrected chi connectivity index (χ4v) is 4.07. The van der Waals surface area contributed by atoms with E-state index in [0.29, 0.717) is 5.75 Å². The molecule has 0 aromatic heterocycles. The summed E-state index contributed by atoms with van der Waals surface area (Å²) in [5, 5.41) is 13.5. The molecule has 27 heavy (non-hydrogen) atoms. The molecule has 2 aromatic rings. The quantitative estimate of drug-likeness (QED) is 0.632. The molecule has 1 atom stereocenters. The lowest BCUT2D eigenvalue weighted by atomic mass is 10.0. The van der Waals surface area contributed by atoms with Gasteiger partial charge in [-0.1, -0.05) is 41.2 Å². The van der Waals surface area contributed by atoms with Crippen molar-refractivity contribution in [3.8, 4) is 5.75 Å². The predicted molar refractivity (Wildman–Crippen MR) is 114 cm³/mol. The second-order valence-corrected chi connectivity index (χ2v) is 7.70. The molecule has 0 fully saturated rings. The lowest BCUT2D eigenvalue weighted by molar-refractivity contribution is 0.349. The number of fused-ring (bicyclic) bond motifs is 1. The van der Waals surface area contributed by atoms with Crippen molar-refractivity contribution in [3.63, 3.8) is 0 Å². The average molecular weight is 421 g/mol. The van der Waals surface area contributed by atoms with Gasteiger partial charge in [0.15, 0.2) is 0 Å². The summed E-state index contributed by atoms with van der Waals surface area (Å²) >= 11 is 3.45. The highest BCUT2D eigenvalue weighted by atomic mass is 79.9. The number of rotatable bonds is 4. The first kappa shape index (κ1) is 17.7. The second kappa shape index (κ2) is 7.12. The van der Waals surface area contributed by atoms with Gasteiger partial charge in [0.1, 0.15) is 5.75 Å². The Bertz CT molecular complexity index is 972. The van der Waals surface area contributed by atoms with Crippen molar-refractivity contribution in [1.82, 2.24) is 4.90 Å². The Morgan fingerprint density at radius 3 is 2.74 bits per heavy atom. The molecule has 2 N–H and O–H groups in total. The van der Waals surface area contributed by atoms with E-state index in [9.17, 15) is 5.11 Å². The van der Waals surface area contributed by atoms with Crippen LogP contribution in [0.4, 0.5) is 5.69 Å². The lowest BCUT2D eigenvalue weighted by Gasteiger charge is -2.34. The summed E-state index contributed by atoms with van der Waals surface area (Å²) in [6.07, 6.45) is 7.95. The average Bonchev–Trinajstić information content (AvgIpc) is 3.09. The van der Waals surface area contributed by atoms with Crippen LogP contribution in [0.1, 0.15) is 23.6 Å². The van der Waals surface area contributed by atoms with E-state index in [-0.39, 0.29) is 6.04 Å². The number of phenols is 1. The van der Waals surface area contributed by atoms with E-state index in [1.54, 1.807) is 6.07 Å². The Kier molecular flexibility index (Phi) is 4.66. The predicted octanol–water partition coefficient (Wildman–Crippen LogP) is 6.04. The number of anilines is 1. The van der Waals surface area contributed by atoms with Crippen LogP contribution < -0.4 is 5.32 Å². The van der Waals surface area contributed by atoms with Crippen molar-refractivity contribution in [2.24, 2.45) is 0 Å². The normalized spacial score (nSPS) is 18.3. The van der Waals surface area contributed by atoms with Crippen LogP contribution in [0.25, 0.3) is 0 Å². The summed E-state index contributed by atoms with van der Waals surface area (Å²) in [6.45, 7) is 8.54. The minimum absolute atomic E-state index is 0.181. The Morgan fingerprint density at radius 1 is 1.19 bits per heavy atom. The van der Waals surface area contributed by atoms with Crippen molar-refractivity contribution in [1.29, 1.82) is 0 Å². The SMILES string of the molecule is C=C(Nc1ccc(Br)cc1)C1=CC=CN(C2CCc3c(O)cccc32)C1=C. The van der Waals surface area contributed by atoms with Gasteiger partial charge in [0.05, 0.1) is 6.04 Å².